The summed E-state index contributed by atoms with van der Waals surface area (Å²) in [5.41, 5.74) is 2.52. The maximum atomic E-state index is 4.58. The average molecular weight is 283 g/mol. The van der Waals surface area contributed by atoms with Crippen LogP contribution in [0.2, 0.25) is 0 Å². The number of para-hydroxylation sites is 1. The van der Waals surface area contributed by atoms with Gasteiger partial charge in [-0.05, 0) is 50.5 Å². The number of hydrogen-bond acceptors (Lipinski definition) is 3. The molecule has 0 bridgehead atoms. The number of nitrogens with zero attached hydrogens (tertiary/aromatic N) is 2. The smallest absolute Gasteiger partial charge is 0.0746 e. The Kier molecular flexibility index (Phi) is 4.84. The Bertz CT molecular complexity index is 576. The monoisotopic (exact) mass is 283 g/mol. The van der Waals surface area contributed by atoms with Crippen LogP contribution >= 0.6 is 0 Å². The molecule has 2 aromatic rings. The average Bonchev–Trinajstić information content (AvgIpc) is 2.51. The zero-order chi connectivity index (χ0) is 14.5. The molecular formula is C18H25N3. The molecule has 0 saturated carbocycles. The van der Waals surface area contributed by atoms with E-state index in [1.165, 1.54) is 43.3 Å². The standard InChI is InChI=1S/C18H25N3/c1-2-17-9-13-21(12-5-11-19-17)14-16-7-3-6-15-8-4-10-20-18(15)16/h3-4,6-8,10,17,19H,2,5,9,11-14H2,1H3. The summed E-state index contributed by atoms with van der Waals surface area (Å²) < 4.78 is 0. The molecule has 1 saturated heterocycles. The Morgan fingerprint density at radius 3 is 3.05 bits per heavy atom. The molecule has 1 atom stereocenters. The molecule has 0 amide bonds. The first-order valence-electron chi connectivity index (χ1n) is 8.15. The molecule has 3 heteroatoms. The normalized spacial score (nSPS) is 21.1. The quantitative estimate of drug-likeness (QED) is 0.937. The lowest BCUT2D eigenvalue weighted by Crippen LogP contribution is -2.39. The lowest BCUT2D eigenvalue weighted by atomic mass is 10.1. The van der Waals surface area contributed by atoms with Crippen LogP contribution in [0, 0.1) is 0 Å². The summed E-state index contributed by atoms with van der Waals surface area (Å²) in [6.45, 7) is 6.78. The fraction of sp³-hybridized carbons (Fsp3) is 0.500. The second-order valence-corrected chi connectivity index (χ2v) is 5.97. The van der Waals surface area contributed by atoms with Crippen LogP contribution in [0.3, 0.4) is 0 Å². The van der Waals surface area contributed by atoms with Crippen molar-refractivity contribution in [3.05, 3.63) is 42.1 Å². The molecule has 0 radical (unpaired) electrons. The predicted molar refractivity (Wildman–Crippen MR) is 88.3 cm³/mol. The van der Waals surface area contributed by atoms with E-state index >= 15 is 0 Å². The van der Waals surface area contributed by atoms with Crippen molar-refractivity contribution < 1.29 is 0 Å². The molecule has 0 spiro atoms. The summed E-state index contributed by atoms with van der Waals surface area (Å²) in [5.74, 6) is 0. The highest BCUT2D eigenvalue weighted by atomic mass is 15.1. The lowest BCUT2D eigenvalue weighted by molar-refractivity contribution is 0.225. The molecule has 21 heavy (non-hydrogen) atoms. The van der Waals surface area contributed by atoms with Gasteiger partial charge in [-0.3, -0.25) is 9.88 Å². The van der Waals surface area contributed by atoms with Crippen molar-refractivity contribution >= 4 is 10.9 Å². The van der Waals surface area contributed by atoms with Crippen LogP contribution in [0.25, 0.3) is 10.9 Å². The van der Waals surface area contributed by atoms with Crippen molar-refractivity contribution in [2.24, 2.45) is 0 Å². The molecule has 1 unspecified atom stereocenters. The maximum absolute atomic E-state index is 4.58. The van der Waals surface area contributed by atoms with Gasteiger partial charge in [0.1, 0.15) is 0 Å². The summed E-state index contributed by atoms with van der Waals surface area (Å²) in [5, 5.41) is 4.89. The fourth-order valence-corrected chi connectivity index (χ4v) is 3.20. The molecular weight excluding hydrogens is 258 g/mol. The van der Waals surface area contributed by atoms with E-state index in [4.69, 9.17) is 0 Å². The molecule has 1 aromatic heterocycles. The van der Waals surface area contributed by atoms with E-state index in [0.717, 1.165) is 18.6 Å². The van der Waals surface area contributed by atoms with Crippen molar-refractivity contribution in [1.29, 1.82) is 0 Å². The molecule has 112 valence electrons. The largest absolute Gasteiger partial charge is 0.314 e. The summed E-state index contributed by atoms with van der Waals surface area (Å²) in [6.07, 6.45) is 5.60. The number of rotatable bonds is 3. The maximum Gasteiger partial charge on any atom is 0.0746 e. The highest BCUT2D eigenvalue weighted by Gasteiger charge is 2.14. The third-order valence-electron chi connectivity index (χ3n) is 4.48. The molecule has 3 rings (SSSR count). The minimum Gasteiger partial charge on any atom is -0.314 e. The third kappa shape index (κ3) is 3.60. The Labute approximate surface area is 127 Å². The zero-order valence-corrected chi connectivity index (χ0v) is 12.9. The van der Waals surface area contributed by atoms with Crippen molar-refractivity contribution in [3.63, 3.8) is 0 Å². The number of benzene rings is 1. The van der Waals surface area contributed by atoms with Gasteiger partial charge in [0.05, 0.1) is 5.52 Å². The van der Waals surface area contributed by atoms with Crippen LogP contribution in [-0.4, -0.2) is 35.6 Å². The summed E-state index contributed by atoms with van der Waals surface area (Å²) in [7, 11) is 0. The molecule has 1 aliphatic rings. The predicted octanol–water partition coefficient (Wildman–Crippen LogP) is 3.20. The van der Waals surface area contributed by atoms with Crippen molar-refractivity contribution in [2.45, 2.75) is 38.8 Å². The van der Waals surface area contributed by atoms with Gasteiger partial charge in [0, 0.05) is 24.2 Å². The van der Waals surface area contributed by atoms with Gasteiger partial charge in [-0.1, -0.05) is 31.2 Å². The van der Waals surface area contributed by atoms with Gasteiger partial charge in [-0.25, -0.2) is 0 Å². The van der Waals surface area contributed by atoms with Crippen LogP contribution in [0.15, 0.2) is 36.5 Å². The highest BCUT2D eigenvalue weighted by Crippen LogP contribution is 2.18. The number of nitrogens with one attached hydrogen (secondary N) is 1. The first kappa shape index (κ1) is 14.5. The van der Waals surface area contributed by atoms with Gasteiger partial charge in [0.25, 0.3) is 0 Å². The van der Waals surface area contributed by atoms with Gasteiger partial charge in [-0.15, -0.1) is 0 Å². The van der Waals surface area contributed by atoms with Gasteiger partial charge in [0.15, 0.2) is 0 Å². The topological polar surface area (TPSA) is 28.2 Å². The van der Waals surface area contributed by atoms with Crippen LogP contribution < -0.4 is 5.32 Å². The molecule has 1 fully saturated rings. The molecule has 1 aliphatic heterocycles. The van der Waals surface area contributed by atoms with Gasteiger partial charge in [0.2, 0.25) is 0 Å². The van der Waals surface area contributed by atoms with E-state index in [1.807, 2.05) is 12.3 Å². The zero-order valence-electron chi connectivity index (χ0n) is 12.9. The molecule has 3 nitrogen and oxygen atoms in total. The van der Waals surface area contributed by atoms with Crippen LogP contribution in [0.4, 0.5) is 0 Å². The number of aromatic nitrogens is 1. The van der Waals surface area contributed by atoms with Crippen molar-refractivity contribution in [1.82, 2.24) is 15.2 Å². The Morgan fingerprint density at radius 2 is 2.14 bits per heavy atom. The highest BCUT2D eigenvalue weighted by molar-refractivity contribution is 5.81. The Morgan fingerprint density at radius 1 is 1.24 bits per heavy atom. The van der Waals surface area contributed by atoms with E-state index in [0.29, 0.717) is 6.04 Å². The summed E-state index contributed by atoms with van der Waals surface area (Å²) in [4.78, 5) is 7.17. The molecule has 2 heterocycles. The molecule has 0 aliphatic carbocycles. The Balaban J connectivity index is 1.74. The number of pyridine rings is 1. The first-order chi connectivity index (χ1) is 10.4. The second-order valence-electron chi connectivity index (χ2n) is 5.97. The molecule has 1 N–H and O–H groups in total. The van der Waals surface area contributed by atoms with E-state index in [1.54, 1.807) is 0 Å². The summed E-state index contributed by atoms with van der Waals surface area (Å²) >= 11 is 0. The minimum absolute atomic E-state index is 0.679. The van der Waals surface area contributed by atoms with Gasteiger partial charge in [-0.2, -0.15) is 0 Å². The molecule has 1 aromatic carbocycles. The van der Waals surface area contributed by atoms with E-state index in [-0.39, 0.29) is 0 Å². The minimum atomic E-state index is 0.679. The lowest BCUT2D eigenvalue weighted by Gasteiger charge is -2.29. The first-order valence-corrected chi connectivity index (χ1v) is 8.15. The second kappa shape index (κ2) is 7.01. The van der Waals surface area contributed by atoms with Crippen molar-refractivity contribution in [2.75, 3.05) is 19.6 Å². The van der Waals surface area contributed by atoms with E-state index in [2.05, 4.69) is 46.4 Å². The third-order valence-corrected chi connectivity index (χ3v) is 4.48. The van der Waals surface area contributed by atoms with Crippen LogP contribution in [-0.2, 0) is 6.54 Å². The van der Waals surface area contributed by atoms with Gasteiger partial charge < -0.3 is 5.32 Å². The van der Waals surface area contributed by atoms with E-state index < -0.39 is 0 Å². The number of hydrogen-bond donors (Lipinski definition) is 1. The van der Waals surface area contributed by atoms with Gasteiger partial charge >= 0.3 is 0 Å². The van der Waals surface area contributed by atoms with Crippen LogP contribution in [0.1, 0.15) is 31.7 Å². The fourth-order valence-electron chi connectivity index (χ4n) is 3.20. The van der Waals surface area contributed by atoms with Crippen LogP contribution in [0.5, 0.6) is 0 Å². The Hall–Kier alpha value is -1.45. The SMILES string of the molecule is CCC1CCN(Cc2cccc3cccnc23)CCCN1. The van der Waals surface area contributed by atoms with E-state index in [9.17, 15) is 0 Å². The van der Waals surface area contributed by atoms with Crippen molar-refractivity contribution in [3.8, 4) is 0 Å². The summed E-state index contributed by atoms with van der Waals surface area (Å²) in [6, 6.07) is 11.4. The number of fused-ring (bicyclic) bond motifs is 1.